The van der Waals surface area contributed by atoms with Crippen LogP contribution < -0.4 is 5.43 Å². The summed E-state index contributed by atoms with van der Waals surface area (Å²) >= 11 is 0. The first-order valence-electron chi connectivity index (χ1n) is 4.85. The molecule has 0 fully saturated rings. The Morgan fingerprint density at radius 2 is 1.80 bits per heavy atom. The molecule has 2 heteroatoms. The third-order valence-corrected chi connectivity index (χ3v) is 2.63. The molecule has 3 rings (SSSR count). The number of aromatic amines is 1. The van der Waals surface area contributed by atoms with Crippen LogP contribution >= 0.6 is 0 Å². The number of nitrogens with one attached hydrogen (secondary N) is 1. The SMILES string of the molecule is O=c1ccc2ccc3[nH]cccc3c2c1. The van der Waals surface area contributed by atoms with Crippen LogP contribution in [0.3, 0.4) is 0 Å². The molecule has 0 aliphatic heterocycles. The van der Waals surface area contributed by atoms with Crippen molar-refractivity contribution in [1.82, 2.24) is 4.98 Å². The van der Waals surface area contributed by atoms with E-state index in [4.69, 9.17) is 0 Å². The van der Waals surface area contributed by atoms with E-state index in [-0.39, 0.29) is 5.43 Å². The minimum atomic E-state index is 0.0545. The molecule has 0 saturated carbocycles. The summed E-state index contributed by atoms with van der Waals surface area (Å²) in [6.07, 6.45) is 1.88. The maximum Gasteiger partial charge on any atom is 0.179 e. The van der Waals surface area contributed by atoms with Crippen molar-refractivity contribution in [2.45, 2.75) is 0 Å². The van der Waals surface area contributed by atoms with Crippen LogP contribution in [-0.4, -0.2) is 4.98 Å². The molecule has 0 unspecified atom stereocenters. The lowest BCUT2D eigenvalue weighted by Gasteiger charge is -2.02. The number of pyridine rings is 1. The first-order chi connectivity index (χ1) is 7.34. The van der Waals surface area contributed by atoms with E-state index in [0.717, 1.165) is 21.7 Å². The predicted molar refractivity (Wildman–Crippen MR) is 62.1 cm³/mol. The summed E-state index contributed by atoms with van der Waals surface area (Å²) in [4.78, 5) is 14.5. The molecule has 0 spiro atoms. The van der Waals surface area contributed by atoms with Crippen LogP contribution in [-0.2, 0) is 0 Å². The van der Waals surface area contributed by atoms with Crippen molar-refractivity contribution in [3.05, 3.63) is 58.9 Å². The second-order valence-electron chi connectivity index (χ2n) is 3.58. The number of aromatic nitrogens is 1. The molecule has 15 heavy (non-hydrogen) atoms. The molecule has 3 aromatic rings. The number of rotatable bonds is 0. The highest BCUT2D eigenvalue weighted by Crippen LogP contribution is 2.21. The van der Waals surface area contributed by atoms with Gasteiger partial charge in [0.1, 0.15) is 0 Å². The van der Waals surface area contributed by atoms with Gasteiger partial charge in [-0.1, -0.05) is 18.2 Å². The predicted octanol–water partition coefficient (Wildman–Crippen LogP) is 2.68. The molecular weight excluding hydrogens is 186 g/mol. The zero-order valence-electron chi connectivity index (χ0n) is 8.03. The Labute approximate surface area is 86.2 Å². The molecule has 0 aliphatic rings. The highest BCUT2D eigenvalue weighted by molar-refractivity contribution is 6.05. The van der Waals surface area contributed by atoms with E-state index < -0.39 is 0 Å². The highest BCUT2D eigenvalue weighted by Gasteiger charge is 1.99. The van der Waals surface area contributed by atoms with Gasteiger partial charge < -0.3 is 4.98 Å². The fourth-order valence-electron chi connectivity index (χ4n) is 1.91. The Balaban J connectivity index is 2.63. The number of fused-ring (bicyclic) bond motifs is 3. The smallest absolute Gasteiger partial charge is 0.179 e. The summed E-state index contributed by atoms with van der Waals surface area (Å²) < 4.78 is 0. The standard InChI is InChI=1S/C13H9NO/c15-10-5-3-9-4-6-13-11(12(9)8-10)2-1-7-14-13/h1-8,14H. The van der Waals surface area contributed by atoms with Crippen molar-refractivity contribution >= 4 is 21.7 Å². The van der Waals surface area contributed by atoms with Crippen molar-refractivity contribution in [3.63, 3.8) is 0 Å². The lowest BCUT2D eigenvalue weighted by atomic mass is 10.1. The van der Waals surface area contributed by atoms with Gasteiger partial charge in [-0.05, 0) is 35.0 Å². The van der Waals surface area contributed by atoms with Crippen LogP contribution in [0.15, 0.2) is 53.5 Å². The quantitative estimate of drug-likeness (QED) is 0.549. The molecule has 2 nitrogen and oxygen atoms in total. The monoisotopic (exact) mass is 195 g/mol. The molecular formula is C13H9NO. The zero-order chi connectivity index (χ0) is 10.3. The number of hydrogen-bond acceptors (Lipinski definition) is 1. The summed E-state index contributed by atoms with van der Waals surface area (Å²) in [5.41, 5.74) is 1.11. The molecule has 0 atom stereocenters. The summed E-state index contributed by atoms with van der Waals surface area (Å²) in [5, 5.41) is 3.20. The normalized spacial score (nSPS) is 10.9. The highest BCUT2D eigenvalue weighted by atomic mass is 16.1. The third-order valence-electron chi connectivity index (χ3n) is 2.63. The fraction of sp³-hybridized carbons (Fsp3) is 0. The first-order valence-corrected chi connectivity index (χ1v) is 4.85. The lowest BCUT2D eigenvalue weighted by Crippen LogP contribution is -1.94. The van der Waals surface area contributed by atoms with Crippen molar-refractivity contribution in [1.29, 1.82) is 0 Å². The van der Waals surface area contributed by atoms with Crippen LogP contribution in [0, 0.1) is 0 Å². The maximum atomic E-state index is 11.3. The van der Waals surface area contributed by atoms with Gasteiger partial charge in [-0.2, -0.15) is 0 Å². The molecule has 0 bridgehead atoms. The molecule has 0 saturated heterocycles. The molecule has 0 amide bonds. The largest absolute Gasteiger partial charge is 0.361 e. The first kappa shape index (κ1) is 8.24. The molecule has 1 heterocycles. The van der Waals surface area contributed by atoms with Gasteiger partial charge in [-0.25, -0.2) is 0 Å². The van der Waals surface area contributed by atoms with Gasteiger partial charge in [0.15, 0.2) is 5.43 Å². The zero-order valence-corrected chi connectivity index (χ0v) is 8.03. The molecule has 1 aromatic heterocycles. The Bertz CT molecular complexity index is 697. The van der Waals surface area contributed by atoms with E-state index in [2.05, 4.69) is 4.98 Å². The Hall–Kier alpha value is -2.09. The van der Waals surface area contributed by atoms with Gasteiger partial charge in [0.05, 0.1) is 0 Å². The van der Waals surface area contributed by atoms with Crippen LogP contribution in [0.25, 0.3) is 21.7 Å². The second kappa shape index (κ2) is 2.95. The van der Waals surface area contributed by atoms with Crippen molar-refractivity contribution in [3.8, 4) is 0 Å². The number of benzene rings is 2. The minimum Gasteiger partial charge on any atom is -0.361 e. The van der Waals surface area contributed by atoms with E-state index in [0.29, 0.717) is 0 Å². The van der Waals surface area contributed by atoms with E-state index in [1.807, 2.05) is 36.5 Å². The Morgan fingerprint density at radius 1 is 0.933 bits per heavy atom. The molecule has 0 aliphatic carbocycles. The van der Waals surface area contributed by atoms with Gasteiger partial charge in [0, 0.05) is 17.1 Å². The van der Waals surface area contributed by atoms with Gasteiger partial charge in [-0.3, -0.25) is 4.79 Å². The fourth-order valence-corrected chi connectivity index (χ4v) is 1.91. The average molecular weight is 195 g/mol. The molecule has 2 aromatic carbocycles. The van der Waals surface area contributed by atoms with Crippen molar-refractivity contribution < 1.29 is 0 Å². The Kier molecular flexibility index (Phi) is 1.62. The van der Waals surface area contributed by atoms with Crippen LogP contribution in [0.2, 0.25) is 0 Å². The van der Waals surface area contributed by atoms with Crippen LogP contribution in [0.4, 0.5) is 0 Å². The maximum absolute atomic E-state index is 11.3. The molecule has 72 valence electrons. The van der Waals surface area contributed by atoms with E-state index >= 15 is 0 Å². The minimum absolute atomic E-state index is 0.0545. The van der Waals surface area contributed by atoms with E-state index in [1.54, 1.807) is 12.1 Å². The second-order valence-corrected chi connectivity index (χ2v) is 3.58. The average Bonchev–Trinajstić information content (AvgIpc) is 2.29. The van der Waals surface area contributed by atoms with Crippen molar-refractivity contribution in [2.24, 2.45) is 0 Å². The van der Waals surface area contributed by atoms with Crippen molar-refractivity contribution in [2.75, 3.05) is 0 Å². The van der Waals surface area contributed by atoms with Gasteiger partial charge in [-0.15, -0.1) is 0 Å². The number of H-pyrrole nitrogens is 1. The molecule has 1 N–H and O–H groups in total. The van der Waals surface area contributed by atoms with E-state index in [1.165, 1.54) is 0 Å². The van der Waals surface area contributed by atoms with Crippen LogP contribution in [0.5, 0.6) is 0 Å². The van der Waals surface area contributed by atoms with Gasteiger partial charge in [0.25, 0.3) is 0 Å². The third kappa shape index (κ3) is 1.22. The lowest BCUT2D eigenvalue weighted by molar-refractivity contribution is 1.42. The summed E-state index contributed by atoms with van der Waals surface area (Å²) in [6.45, 7) is 0. The van der Waals surface area contributed by atoms with Gasteiger partial charge in [0.2, 0.25) is 0 Å². The van der Waals surface area contributed by atoms with Crippen LogP contribution in [0.1, 0.15) is 0 Å². The summed E-state index contributed by atoms with van der Waals surface area (Å²) in [7, 11) is 0. The van der Waals surface area contributed by atoms with Gasteiger partial charge >= 0.3 is 0 Å². The molecule has 0 radical (unpaired) electrons. The number of hydrogen-bond donors (Lipinski definition) is 1. The Morgan fingerprint density at radius 3 is 2.73 bits per heavy atom. The topological polar surface area (TPSA) is 32.9 Å². The summed E-state index contributed by atoms with van der Waals surface area (Å²) in [6, 6.07) is 13.2. The van der Waals surface area contributed by atoms with E-state index in [9.17, 15) is 4.79 Å². The summed E-state index contributed by atoms with van der Waals surface area (Å²) in [5.74, 6) is 0.